The Kier molecular flexibility index (Phi) is 8.14. The monoisotopic (exact) mass is 464 g/mol. The molecule has 0 fully saturated rings. The Morgan fingerprint density at radius 3 is 1.27 bits per heavy atom. The topological polar surface area (TPSA) is 27.7 Å². The van der Waals surface area contributed by atoms with Gasteiger partial charge in [-0.05, 0) is 71.7 Å². The molecule has 0 amide bonds. The molecule has 4 aromatic rings. The Labute approximate surface area is 202 Å². The SMILES string of the molecule is [Si]CC(OC(C[Si])c1cccc(Oc2ccccc2)c1)c1cccc(Oc2ccccc2)c1. The lowest BCUT2D eigenvalue weighted by atomic mass is 10.1. The van der Waals surface area contributed by atoms with Crippen LogP contribution in [0.2, 0.25) is 12.1 Å². The third-order valence-electron chi connectivity index (χ3n) is 5.12. The van der Waals surface area contributed by atoms with E-state index in [-0.39, 0.29) is 12.2 Å². The standard InChI is InChI=1S/C28H24O3Si2/c32-19-27(21-9-7-15-25(17-21)29-23-11-3-1-4-12-23)31-28(20-33)22-10-8-16-26(18-22)30-24-13-5-2-6-14-24/h1-18,27-28H,19-20H2. The highest BCUT2D eigenvalue weighted by molar-refractivity contribution is 6.09. The first-order chi connectivity index (χ1) is 16.2. The van der Waals surface area contributed by atoms with E-state index in [0.717, 1.165) is 34.1 Å². The Hall–Kier alpha value is -3.13. The number of hydrogen-bond acceptors (Lipinski definition) is 3. The highest BCUT2D eigenvalue weighted by Crippen LogP contribution is 2.34. The van der Waals surface area contributed by atoms with E-state index in [1.807, 2.05) is 97.1 Å². The van der Waals surface area contributed by atoms with Gasteiger partial charge in [0, 0.05) is 20.5 Å². The second-order valence-corrected chi connectivity index (χ2v) is 8.31. The first-order valence-corrected chi connectivity index (χ1v) is 12.3. The van der Waals surface area contributed by atoms with E-state index in [2.05, 4.69) is 32.6 Å². The summed E-state index contributed by atoms with van der Waals surface area (Å²) in [6.45, 7) is 0. The van der Waals surface area contributed by atoms with E-state index in [4.69, 9.17) is 14.2 Å². The molecule has 0 saturated heterocycles. The van der Waals surface area contributed by atoms with E-state index in [1.165, 1.54) is 0 Å². The molecule has 3 nitrogen and oxygen atoms in total. The average molecular weight is 465 g/mol. The predicted molar refractivity (Wildman–Crippen MR) is 134 cm³/mol. The Balaban J connectivity index is 1.49. The second kappa shape index (κ2) is 11.7. The summed E-state index contributed by atoms with van der Waals surface area (Å²) in [5.74, 6) is 3.17. The molecule has 0 heterocycles. The largest absolute Gasteiger partial charge is 0.457 e. The quantitative estimate of drug-likeness (QED) is 0.231. The fraction of sp³-hybridized carbons (Fsp3) is 0.143. The molecule has 4 aromatic carbocycles. The zero-order valence-electron chi connectivity index (χ0n) is 18.2. The first-order valence-electron chi connectivity index (χ1n) is 10.9. The van der Waals surface area contributed by atoms with Gasteiger partial charge in [-0.3, -0.25) is 0 Å². The number of hydrogen-bond donors (Lipinski definition) is 0. The van der Waals surface area contributed by atoms with Crippen LogP contribution in [0.25, 0.3) is 0 Å². The van der Waals surface area contributed by atoms with Gasteiger partial charge in [0.1, 0.15) is 23.0 Å². The van der Waals surface area contributed by atoms with Crippen LogP contribution in [0.3, 0.4) is 0 Å². The molecule has 2 atom stereocenters. The summed E-state index contributed by atoms with van der Waals surface area (Å²) in [5, 5.41) is 0. The van der Waals surface area contributed by atoms with Crippen LogP contribution in [0.1, 0.15) is 23.3 Å². The van der Waals surface area contributed by atoms with Gasteiger partial charge in [0.05, 0.1) is 12.2 Å². The zero-order chi connectivity index (χ0) is 22.9. The summed E-state index contributed by atoms with van der Waals surface area (Å²) in [6.07, 6.45) is -0.304. The number of para-hydroxylation sites is 2. The van der Waals surface area contributed by atoms with Gasteiger partial charge in [0.2, 0.25) is 0 Å². The maximum Gasteiger partial charge on any atom is 0.127 e. The summed E-state index contributed by atoms with van der Waals surface area (Å²) >= 11 is 0. The van der Waals surface area contributed by atoms with Crippen molar-refractivity contribution in [3.05, 3.63) is 120 Å². The van der Waals surface area contributed by atoms with E-state index < -0.39 is 0 Å². The van der Waals surface area contributed by atoms with Crippen molar-refractivity contribution in [2.45, 2.75) is 24.3 Å². The van der Waals surface area contributed by atoms with Crippen LogP contribution in [0.5, 0.6) is 23.0 Å². The highest BCUT2D eigenvalue weighted by Gasteiger charge is 2.19. The summed E-state index contributed by atoms with van der Waals surface area (Å²) in [6, 6.07) is 36.9. The molecule has 0 N–H and O–H groups in total. The number of benzene rings is 4. The third kappa shape index (κ3) is 6.45. The van der Waals surface area contributed by atoms with Gasteiger partial charge in [-0.2, -0.15) is 0 Å². The minimum atomic E-state index is -0.152. The maximum atomic E-state index is 6.52. The van der Waals surface area contributed by atoms with Crippen molar-refractivity contribution in [2.24, 2.45) is 0 Å². The smallest absolute Gasteiger partial charge is 0.127 e. The molecule has 0 spiro atoms. The molecule has 162 valence electrons. The fourth-order valence-electron chi connectivity index (χ4n) is 3.49. The molecule has 0 saturated carbocycles. The molecule has 4 rings (SSSR count). The van der Waals surface area contributed by atoms with E-state index in [0.29, 0.717) is 12.1 Å². The van der Waals surface area contributed by atoms with Crippen molar-refractivity contribution in [1.82, 2.24) is 0 Å². The van der Waals surface area contributed by atoms with Gasteiger partial charge in [-0.25, -0.2) is 0 Å². The molecular weight excluding hydrogens is 440 g/mol. The van der Waals surface area contributed by atoms with Crippen LogP contribution in [0.4, 0.5) is 0 Å². The van der Waals surface area contributed by atoms with E-state index in [1.54, 1.807) is 0 Å². The van der Waals surface area contributed by atoms with E-state index in [9.17, 15) is 0 Å². The summed E-state index contributed by atoms with van der Waals surface area (Å²) < 4.78 is 18.5. The van der Waals surface area contributed by atoms with Gasteiger partial charge >= 0.3 is 0 Å². The molecule has 33 heavy (non-hydrogen) atoms. The average Bonchev–Trinajstić information content (AvgIpc) is 2.86. The van der Waals surface area contributed by atoms with Crippen molar-refractivity contribution in [3.63, 3.8) is 0 Å². The lowest BCUT2D eigenvalue weighted by Crippen LogP contribution is -2.10. The third-order valence-corrected chi connectivity index (χ3v) is 5.86. The number of rotatable bonds is 10. The van der Waals surface area contributed by atoms with Crippen molar-refractivity contribution >= 4 is 20.5 Å². The molecule has 6 radical (unpaired) electrons. The lowest BCUT2D eigenvalue weighted by molar-refractivity contribution is 0.00652. The normalized spacial score (nSPS) is 12.7. The molecule has 0 aromatic heterocycles. The Morgan fingerprint density at radius 1 is 0.485 bits per heavy atom. The van der Waals surface area contributed by atoms with Crippen molar-refractivity contribution in [1.29, 1.82) is 0 Å². The highest BCUT2D eigenvalue weighted by atomic mass is 28.1. The molecule has 2 unspecified atom stereocenters. The Morgan fingerprint density at radius 2 is 0.879 bits per heavy atom. The maximum absolute atomic E-state index is 6.52. The minimum Gasteiger partial charge on any atom is -0.457 e. The molecular formula is C28H24O3Si2. The van der Waals surface area contributed by atoms with Crippen LogP contribution >= 0.6 is 0 Å². The van der Waals surface area contributed by atoms with Crippen molar-refractivity contribution in [2.75, 3.05) is 0 Å². The van der Waals surface area contributed by atoms with Crippen LogP contribution in [-0.2, 0) is 4.74 Å². The van der Waals surface area contributed by atoms with Gasteiger partial charge in [-0.15, -0.1) is 0 Å². The van der Waals surface area contributed by atoms with Crippen LogP contribution < -0.4 is 9.47 Å². The number of ether oxygens (including phenoxy) is 3. The molecule has 0 bridgehead atoms. The molecule has 0 aliphatic rings. The molecule has 5 heteroatoms. The van der Waals surface area contributed by atoms with Crippen molar-refractivity contribution in [3.8, 4) is 23.0 Å². The summed E-state index contributed by atoms with van der Waals surface area (Å²) in [4.78, 5) is 0. The lowest BCUT2D eigenvalue weighted by Gasteiger charge is -2.25. The summed E-state index contributed by atoms with van der Waals surface area (Å²) in [5.41, 5.74) is 2.08. The molecule has 0 aliphatic heterocycles. The predicted octanol–water partition coefficient (Wildman–Crippen LogP) is 7.24. The summed E-state index contributed by atoms with van der Waals surface area (Å²) in [7, 11) is 7.36. The van der Waals surface area contributed by atoms with Crippen LogP contribution in [-0.4, -0.2) is 20.5 Å². The van der Waals surface area contributed by atoms with Gasteiger partial charge in [0.15, 0.2) is 0 Å². The first kappa shape index (κ1) is 23.0. The fourth-order valence-corrected chi connectivity index (χ4v) is 4.16. The van der Waals surface area contributed by atoms with Gasteiger partial charge < -0.3 is 14.2 Å². The van der Waals surface area contributed by atoms with E-state index >= 15 is 0 Å². The Bertz CT molecular complexity index is 1040. The second-order valence-electron chi connectivity index (χ2n) is 7.50. The van der Waals surface area contributed by atoms with Crippen molar-refractivity contribution < 1.29 is 14.2 Å². The minimum absolute atomic E-state index is 0.152. The van der Waals surface area contributed by atoms with Crippen LogP contribution in [0, 0.1) is 0 Å². The van der Waals surface area contributed by atoms with Gasteiger partial charge in [0.25, 0.3) is 0 Å². The zero-order valence-corrected chi connectivity index (χ0v) is 20.2. The van der Waals surface area contributed by atoms with Crippen LogP contribution in [0.15, 0.2) is 109 Å². The van der Waals surface area contributed by atoms with Gasteiger partial charge in [-0.1, -0.05) is 60.7 Å². The molecule has 0 aliphatic carbocycles.